The summed E-state index contributed by atoms with van der Waals surface area (Å²) in [7, 11) is 2.28. The second-order valence-corrected chi connectivity index (χ2v) is 9.74. The van der Waals surface area contributed by atoms with Gasteiger partial charge in [0.05, 0.1) is 17.6 Å². The van der Waals surface area contributed by atoms with E-state index in [0.717, 1.165) is 29.2 Å². The molecule has 0 atom stereocenters. The van der Waals surface area contributed by atoms with E-state index in [9.17, 15) is 4.79 Å². The molecule has 1 aliphatic carbocycles. The zero-order chi connectivity index (χ0) is 24.0. The summed E-state index contributed by atoms with van der Waals surface area (Å²) < 4.78 is 0. The number of thioether (sulfide) groups is 1. The highest BCUT2D eigenvalue weighted by molar-refractivity contribution is 7.98. The van der Waals surface area contributed by atoms with Crippen LogP contribution in [0.25, 0.3) is 11.2 Å². The van der Waals surface area contributed by atoms with Crippen molar-refractivity contribution in [2.45, 2.75) is 69.0 Å². The molecule has 0 spiro atoms. The maximum Gasteiger partial charge on any atom is 0.323 e. The number of benzene rings is 1. The van der Waals surface area contributed by atoms with Gasteiger partial charge in [0.1, 0.15) is 18.6 Å². The molecule has 1 aliphatic rings. The maximum absolute atomic E-state index is 12.5. The lowest BCUT2D eigenvalue weighted by atomic mass is 9.55. The number of hydrogen-bond donors (Lipinski definition) is 3. The fourth-order valence-corrected chi connectivity index (χ4v) is 4.86. The molecule has 1 saturated carbocycles. The third kappa shape index (κ3) is 6.00. The molecule has 7 nitrogen and oxygen atoms in total. The summed E-state index contributed by atoms with van der Waals surface area (Å²) in [5.41, 5.74) is 3.19. The van der Waals surface area contributed by atoms with Crippen LogP contribution < -0.4 is 16.0 Å². The number of nitrogens with one attached hydrogen (secondary N) is 3. The number of aryl methyl sites for hydroxylation is 1. The van der Waals surface area contributed by atoms with Crippen LogP contribution in [0.5, 0.6) is 0 Å². The molecule has 177 valence electrons. The van der Waals surface area contributed by atoms with E-state index in [0.29, 0.717) is 22.5 Å². The van der Waals surface area contributed by atoms with Gasteiger partial charge in [0.2, 0.25) is 0 Å². The zero-order valence-corrected chi connectivity index (χ0v) is 21.0. The van der Waals surface area contributed by atoms with Gasteiger partial charge >= 0.3 is 6.03 Å². The van der Waals surface area contributed by atoms with Crippen molar-refractivity contribution in [1.29, 1.82) is 0 Å². The number of amides is 2. The number of aromatic nitrogens is 3. The number of nitrogens with zero attached hydrogens (tertiary/aromatic N) is 3. The van der Waals surface area contributed by atoms with Crippen molar-refractivity contribution in [2.24, 2.45) is 0 Å². The number of anilines is 3. The summed E-state index contributed by atoms with van der Waals surface area (Å²) in [6.45, 7) is 3.99. The van der Waals surface area contributed by atoms with E-state index in [1.165, 1.54) is 32.1 Å². The maximum atomic E-state index is 12.5. The van der Waals surface area contributed by atoms with Gasteiger partial charge in [0.25, 0.3) is 0 Å². The van der Waals surface area contributed by atoms with Crippen molar-refractivity contribution in [3.63, 3.8) is 0 Å². The van der Waals surface area contributed by atoms with Gasteiger partial charge in [0, 0.05) is 16.0 Å². The minimum atomic E-state index is -0.322. The third-order valence-electron chi connectivity index (χ3n) is 6.50. The molecule has 1 aromatic carbocycles. The van der Waals surface area contributed by atoms with Gasteiger partial charge in [0.15, 0.2) is 5.65 Å². The molecule has 2 heterocycles. The van der Waals surface area contributed by atoms with E-state index >= 15 is 0 Å². The lowest BCUT2D eigenvalue weighted by Gasteiger charge is -2.36. The van der Waals surface area contributed by atoms with Crippen molar-refractivity contribution in [3.05, 3.63) is 42.2 Å². The largest absolute Gasteiger partial charge is 0.371 e. The Kier molecular flexibility index (Phi) is 7.93. The van der Waals surface area contributed by atoms with E-state index in [1.54, 1.807) is 18.0 Å². The van der Waals surface area contributed by atoms with Crippen molar-refractivity contribution in [3.8, 4) is 0 Å². The van der Waals surface area contributed by atoms with Crippen molar-refractivity contribution in [2.75, 3.05) is 22.2 Å². The van der Waals surface area contributed by atoms with Crippen molar-refractivity contribution < 1.29 is 4.79 Å². The number of rotatable bonds is 6. The molecule has 1 fully saturated rings. The van der Waals surface area contributed by atoms with Crippen molar-refractivity contribution in [1.82, 2.24) is 15.0 Å². The highest BCUT2D eigenvalue weighted by atomic mass is 32.2. The first-order chi connectivity index (χ1) is 16.5. The Morgan fingerprint density at radius 1 is 1.03 bits per heavy atom. The van der Waals surface area contributed by atoms with E-state index in [-0.39, 0.29) is 11.5 Å². The van der Waals surface area contributed by atoms with E-state index in [4.69, 9.17) is 4.98 Å². The Balaban J connectivity index is 1.47. The number of hydrogen-bond acceptors (Lipinski definition) is 6. The lowest BCUT2D eigenvalue weighted by Crippen LogP contribution is -2.44. The summed E-state index contributed by atoms with van der Waals surface area (Å²) in [6.07, 6.45) is 12.3. The van der Waals surface area contributed by atoms with Crippen LogP contribution in [0.4, 0.5) is 22.0 Å². The first-order valence-electron chi connectivity index (χ1n) is 12.0. The van der Waals surface area contributed by atoms with Gasteiger partial charge < -0.3 is 16.0 Å². The average molecular weight is 475 g/mol. The molecule has 1 radical (unpaired) electrons. The highest BCUT2D eigenvalue weighted by Gasteiger charge is 2.29. The molecular weight excluding hydrogens is 443 g/mol. The topological polar surface area (TPSA) is 91.8 Å². The number of carbonyl (C=O) groups excluding carboxylic acids is 1. The Labute approximate surface area is 206 Å². The van der Waals surface area contributed by atoms with Gasteiger partial charge in [-0.3, -0.25) is 0 Å². The standard InChI is InChI=1S/C25H32BN6OS/c1-17-20(30-24(33)29-18-9-11-19(34-3)12-10-18)15-21-23(28-17)31-22(16-27-21)32-25(26-2)13-7-5-4-6-8-14-25/h9-12,15-16H,4-8,13-14H2,1-3H3,(H,28,31,32)(H2,29,30,33). The normalized spacial score (nSPS) is 15.7. The van der Waals surface area contributed by atoms with Crippen LogP contribution in [0.3, 0.4) is 0 Å². The minimum Gasteiger partial charge on any atom is -0.371 e. The molecule has 9 heteroatoms. The minimum absolute atomic E-state index is 0.0502. The smallest absolute Gasteiger partial charge is 0.323 e. The quantitative estimate of drug-likeness (QED) is 0.286. The summed E-state index contributed by atoms with van der Waals surface area (Å²) in [5.74, 6) is 0.741. The highest BCUT2D eigenvalue weighted by Crippen LogP contribution is 2.29. The van der Waals surface area contributed by atoms with Crippen LogP contribution in [0, 0.1) is 6.92 Å². The second-order valence-electron chi connectivity index (χ2n) is 8.86. The summed E-state index contributed by atoms with van der Waals surface area (Å²) >= 11 is 1.66. The van der Waals surface area contributed by atoms with Gasteiger partial charge in [-0.1, -0.05) is 38.9 Å². The predicted octanol–water partition coefficient (Wildman–Crippen LogP) is 6.30. The van der Waals surface area contributed by atoms with Gasteiger partial charge in [-0.15, -0.1) is 11.8 Å². The SMILES string of the molecule is C[B]C1(Nc2cnc3cc(NC(=O)Nc4ccc(SC)cc4)c(C)nc3n2)CCCCCCC1. The average Bonchev–Trinajstić information content (AvgIpc) is 2.82. The number of pyridine rings is 1. The van der Waals surface area contributed by atoms with E-state index in [2.05, 4.69) is 40.0 Å². The molecule has 2 aromatic heterocycles. The lowest BCUT2D eigenvalue weighted by molar-refractivity contribution is 0.262. The zero-order valence-electron chi connectivity index (χ0n) is 20.1. The van der Waals surface area contributed by atoms with E-state index in [1.807, 2.05) is 43.5 Å². The molecule has 4 rings (SSSR count). The van der Waals surface area contributed by atoms with Gasteiger partial charge in [-0.2, -0.15) is 0 Å². The monoisotopic (exact) mass is 475 g/mol. The Bertz CT molecular complexity index is 1130. The van der Waals surface area contributed by atoms with Crippen LogP contribution in [-0.2, 0) is 0 Å². The predicted molar refractivity (Wildman–Crippen MR) is 143 cm³/mol. The first-order valence-corrected chi connectivity index (χ1v) is 13.2. The fourth-order valence-electron chi connectivity index (χ4n) is 4.46. The Morgan fingerprint density at radius 3 is 2.41 bits per heavy atom. The Hall–Kier alpha value is -2.81. The molecule has 3 aromatic rings. The van der Waals surface area contributed by atoms with Crippen LogP contribution in [-0.4, -0.2) is 40.0 Å². The molecule has 0 saturated heterocycles. The van der Waals surface area contributed by atoms with Gasteiger partial charge in [-0.25, -0.2) is 19.7 Å². The molecule has 0 unspecified atom stereocenters. The van der Waals surface area contributed by atoms with Crippen LogP contribution in [0.1, 0.15) is 50.6 Å². The molecule has 34 heavy (non-hydrogen) atoms. The van der Waals surface area contributed by atoms with Crippen LogP contribution >= 0.6 is 11.8 Å². The van der Waals surface area contributed by atoms with Crippen molar-refractivity contribution >= 4 is 53.4 Å². The second kappa shape index (κ2) is 11.1. The third-order valence-corrected chi connectivity index (χ3v) is 7.24. The molecule has 0 aliphatic heterocycles. The molecule has 3 N–H and O–H groups in total. The molecular formula is C25H32BN6OS. The first kappa shape index (κ1) is 24.3. The Morgan fingerprint density at radius 2 is 1.74 bits per heavy atom. The summed E-state index contributed by atoms with van der Waals surface area (Å²) in [5, 5.41) is 9.39. The summed E-state index contributed by atoms with van der Waals surface area (Å²) in [4.78, 5) is 27.6. The number of fused-ring (bicyclic) bond motifs is 1. The number of urea groups is 1. The van der Waals surface area contributed by atoms with Crippen LogP contribution in [0.2, 0.25) is 6.82 Å². The van der Waals surface area contributed by atoms with Crippen LogP contribution in [0.15, 0.2) is 41.4 Å². The fraction of sp³-hybridized carbons (Fsp3) is 0.440. The number of carbonyl (C=O) groups is 1. The van der Waals surface area contributed by atoms with Gasteiger partial charge in [-0.05, 0) is 56.4 Å². The molecule has 0 bridgehead atoms. The molecule has 2 amide bonds. The van der Waals surface area contributed by atoms with E-state index < -0.39 is 0 Å². The summed E-state index contributed by atoms with van der Waals surface area (Å²) in [6, 6.07) is 9.21.